The monoisotopic (exact) mass is 290 g/mol. The van der Waals surface area contributed by atoms with Gasteiger partial charge in [0.1, 0.15) is 5.75 Å². The Balaban J connectivity index is 1.90. The highest BCUT2D eigenvalue weighted by molar-refractivity contribution is 5.91. The Morgan fingerprint density at radius 1 is 1.38 bits per heavy atom. The highest BCUT2D eigenvalue weighted by Gasteiger charge is 2.23. The van der Waals surface area contributed by atoms with Gasteiger partial charge in [-0.3, -0.25) is 4.79 Å². The Morgan fingerprint density at radius 3 is 2.67 bits per heavy atom. The summed E-state index contributed by atoms with van der Waals surface area (Å²) in [5.74, 6) is 0.481. The molecule has 1 amide bonds. The Bertz CT molecular complexity index is 576. The Hall–Kier alpha value is -2.34. The Kier molecular flexibility index (Phi) is 4.59. The maximum absolute atomic E-state index is 11.7. The maximum Gasteiger partial charge on any atom is 0.289 e. The molecular weight excluding hydrogens is 272 g/mol. The molecule has 1 aromatic heterocycles. The van der Waals surface area contributed by atoms with Gasteiger partial charge in [0.25, 0.3) is 5.91 Å². The van der Waals surface area contributed by atoms with Gasteiger partial charge in [0.2, 0.25) is 5.76 Å². The van der Waals surface area contributed by atoms with Crippen molar-refractivity contribution in [2.75, 3.05) is 13.7 Å². The zero-order chi connectivity index (χ0) is 15.3. The zero-order valence-corrected chi connectivity index (χ0v) is 12.0. The quantitative estimate of drug-likeness (QED) is 0.840. The van der Waals surface area contributed by atoms with Crippen LogP contribution in [0.15, 0.2) is 41.1 Å². The van der Waals surface area contributed by atoms with Crippen molar-refractivity contribution >= 4 is 5.91 Å². The number of rotatable bonds is 6. The van der Waals surface area contributed by atoms with Crippen molar-refractivity contribution in [2.24, 2.45) is 0 Å². The summed E-state index contributed by atoms with van der Waals surface area (Å²) in [5, 5.41) is 16.4. The van der Waals surface area contributed by atoms with Crippen molar-refractivity contribution in [1.82, 2.24) is 10.5 Å². The van der Waals surface area contributed by atoms with Gasteiger partial charge in [-0.1, -0.05) is 17.3 Å². The second kappa shape index (κ2) is 6.41. The number of methoxy groups -OCH3 is 1. The van der Waals surface area contributed by atoms with E-state index in [0.29, 0.717) is 6.42 Å². The molecule has 21 heavy (non-hydrogen) atoms. The van der Waals surface area contributed by atoms with Crippen molar-refractivity contribution in [3.05, 3.63) is 47.9 Å². The summed E-state index contributed by atoms with van der Waals surface area (Å²) < 4.78 is 9.83. The van der Waals surface area contributed by atoms with Crippen molar-refractivity contribution in [1.29, 1.82) is 0 Å². The predicted molar refractivity (Wildman–Crippen MR) is 76.2 cm³/mol. The van der Waals surface area contributed by atoms with E-state index in [1.165, 1.54) is 12.3 Å². The fourth-order valence-electron chi connectivity index (χ4n) is 1.94. The summed E-state index contributed by atoms with van der Waals surface area (Å²) in [5.41, 5.74) is -0.112. The molecule has 0 fully saturated rings. The van der Waals surface area contributed by atoms with Crippen LogP contribution in [0.1, 0.15) is 23.0 Å². The van der Waals surface area contributed by atoms with Crippen LogP contribution in [0, 0.1) is 0 Å². The number of nitrogens with zero attached hydrogens (tertiary/aromatic N) is 1. The first-order valence-corrected chi connectivity index (χ1v) is 6.54. The van der Waals surface area contributed by atoms with Crippen LogP contribution >= 0.6 is 0 Å². The molecule has 0 aliphatic carbocycles. The normalized spacial score (nSPS) is 13.5. The van der Waals surface area contributed by atoms with E-state index in [9.17, 15) is 9.90 Å². The fourth-order valence-corrected chi connectivity index (χ4v) is 1.94. The van der Waals surface area contributed by atoms with Gasteiger partial charge in [-0.25, -0.2) is 0 Å². The number of benzene rings is 1. The van der Waals surface area contributed by atoms with Crippen molar-refractivity contribution < 1.29 is 19.2 Å². The average Bonchev–Trinajstić information content (AvgIpc) is 2.99. The van der Waals surface area contributed by atoms with Gasteiger partial charge in [0.15, 0.2) is 0 Å². The standard InChI is InChI=1S/C15H18N2O4/c1-15(19,9-11-3-5-12(20-2)6-4-11)10-16-14(18)13-7-8-17-21-13/h3-8,19H,9-10H2,1-2H3,(H,16,18). The Morgan fingerprint density at radius 2 is 2.10 bits per heavy atom. The Labute approximate surface area is 122 Å². The van der Waals surface area contributed by atoms with Gasteiger partial charge in [0.05, 0.1) is 18.9 Å². The molecule has 0 aliphatic heterocycles. The SMILES string of the molecule is COc1ccc(CC(C)(O)CNC(=O)c2ccno2)cc1. The largest absolute Gasteiger partial charge is 0.497 e. The van der Waals surface area contributed by atoms with E-state index >= 15 is 0 Å². The molecule has 1 atom stereocenters. The molecule has 0 spiro atoms. The molecule has 0 radical (unpaired) electrons. The molecule has 1 aromatic carbocycles. The van der Waals surface area contributed by atoms with E-state index in [4.69, 9.17) is 9.26 Å². The number of amides is 1. The molecule has 6 heteroatoms. The van der Waals surface area contributed by atoms with Crippen LogP contribution in [0.2, 0.25) is 0 Å². The lowest BCUT2D eigenvalue weighted by atomic mass is 9.96. The first-order chi connectivity index (χ1) is 10.00. The van der Waals surface area contributed by atoms with Crippen LogP contribution in [-0.2, 0) is 6.42 Å². The lowest BCUT2D eigenvalue weighted by molar-refractivity contribution is 0.0542. The smallest absolute Gasteiger partial charge is 0.289 e. The van der Waals surface area contributed by atoms with Gasteiger partial charge in [-0.15, -0.1) is 0 Å². The topological polar surface area (TPSA) is 84.6 Å². The van der Waals surface area contributed by atoms with E-state index in [1.54, 1.807) is 14.0 Å². The summed E-state index contributed by atoms with van der Waals surface area (Å²) in [4.78, 5) is 11.7. The van der Waals surface area contributed by atoms with Gasteiger partial charge >= 0.3 is 0 Å². The molecule has 0 bridgehead atoms. The molecule has 2 rings (SSSR count). The molecule has 1 heterocycles. The number of hydrogen-bond acceptors (Lipinski definition) is 5. The average molecular weight is 290 g/mol. The number of carbonyl (C=O) groups excluding carboxylic acids is 1. The zero-order valence-electron chi connectivity index (χ0n) is 12.0. The number of carbonyl (C=O) groups is 1. The third-order valence-corrected chi connectivity index (χ3v) is 3.04. The number of nitrogens with one attached hydrogen (secondary N) is 1. The molecule has 6 nitrogen and oxygen atoms in total. The highest BCUT2D eigenvalue weighted by Crippen LogP contribution is 2.16. The molecular formula is C15H18N2O4. The summed E-state index contributed by atoms with van der Waals surface area (Å²) in [6, 6.07) is 8.89. The summed E-state index contributed by atoms with van der Waals surface area (Å²) in [6.45, 7) is 1.77. The first kappa shape index (κ1) is 15.1. The van der Waals surface area contributed by atoms with E-state index in [2.05, 4.69) is 10.5 Å². The van der Waals surface area contributed by atoms with Crippen molar-refractivity contribution in [3.63, 3.8) is 0 Å². The third kappa shape index (κ3) is 4.32. The van der Waals surface area contributed by atoms with E-state index in [1.807, 2.05) is 24.3 Å². The number of aromatic nitrogens is 1. The van der Waals surface area contributed by atoms with E-state index in [0.717, 1.165) is 11.3 Å². The van der Waals surface area contributed by atoms with E-state index < -0.39 is 11.5 Å². The summed E-state index contributed by atoms with van der Waals surface area (Å²) >= 11 is 0. The van der Waals surface area contributed by atoms with Crippen LogP contribution in [-0.4, -0.2) is 35.4 Å². The van der Waals surface area contributed by atoms with Crippen molar-refractivity contribution in [3.8, 4) is 5.75 Å². The molecule has 0 saturated carbocycles. The minimum Gasteiger partial charge on any atom is -0.497 e. The molecule has 112 valence electrons. The highest BCUT2D eigenvalue weighted by atomic mass is 16.5. The second-order valence-corrected chi connectivity index (χ2v) is 5.08. The molecule has 0 aliphatic rings. The summed E-state index contributed by atoms with van der Waals surface area (Å²) in [7, 11) is 1.60. The molecule has 1 unspecified atom stereocenters. The molecule has 0 saturated heterocycles. The first-order valence-electron chi connectivity index (χ1n) is 6.54. The lowest BCUT2D eigenvalue weighted by Gasteiger charge is -2.23. The molecule has 2 N–H and O–H groups in total. The van der Waals surface area contributed by atoms with Gasteiger partial charge in [-0.2, -0.15) is 0 Å². The minimum atomic E-state index is -1.07. The van der Waals surface area contributed by atoms with Gasteiger partial charge in [0, 0.05) is 19.0 Å². The second-order valence-electron chi connectivity index (χ2n) is 5.08. The van der Waals surface area contributed by atoms with Crippen LogP contribution in [0.5, 0.6) is 5.75 Å². The van der Waals surface area contributed by atoms with Gasteiger partial charge < -0.3 is 19.7 Å². The minimum absolute atomic E-state index is 0.110. The molecule has 2 aromatic rings. The predicted octanol–water partition coefficient (Wildman–Crippen LogP) is 1.41. The van der Waals surface area contributed by atoms with Crippen LogP contribution in [0.3, 0.4) is 0 Å². The maximum atomic E-state index is 11.7. The number of ether oxygens (including phenoxy) is 1. The number of hydrogen-bond donors (Lipinski definition) is 2. The summed E-state index contributed by atoms with van der Waals surface area (Å²) in [6.07, 6.45) is 1.80. The lowest BCUT2D eigenvalue weighted by Crippen LogP contribution is -2.42. The van der Waals surface area contributed by atoms with E-state index in [-0.39, 0.29) is 12.3 Å². The van der Waals surface area contributed by atoms with Crippen LogP contribution < -0.4 is 10.1 Å². The van der Waals surface area contributed by atoms with Crippen LogP contribution in [0.4, 0.5) is 0 Å². The van der Waals surface area contributed by atoms with Gasteiger partial charge in [-0.05, 0) is 24.6 Å². The third-order valence-electron chi connectivity index (χ3n) is 3.04. The van der Waals surface area contributed by atoms with Crippen molar-refractivity contribution in [2.45, 2.75) is 18.9 Å². The number of aliphatic hydroxyl groups is 1. The van der Waals surface area contributed by atoms with Crippen LogP contribution in [0.25, 0.3) is 0 Å². The fraction of sp³-hybridized carbons (Fsp3) is 0.333.